The Morgan fingerprint density at radius 2 is 1.84 bits per heavy atom. The molecule has 1 aliphatic carbocycles. The Hall–Kier alpha value is -3.96. The van der Waals surface area contributed by atoms with Crippen LogP contribution in [0.3, 0.4) is 0 Å². The average Bonchev–Trinajstić information content (AvgIpc) is 3.80. The lowest BCUT2D eigenvalue weighted by Crippen LogP contribution is -2.45. The predicted octanol–water partition coefficient (Wildman–Crippen LogP) is 4.54. The van der Waals surface area contributed by atoms with E-state index in [1.165, 1.54) is 0 Å². The molecule has 4 bridgehead atoms. The van der Waals surface area contributed by atoms with E-state index in [9.17, 15) is 4.79 Å². The summed E-state index contributed by atoms with van der Waals surface area (Å²) in [5, 5.41) is 7.60. The number of rotatable bonds is 1. The van der Waals surface area contributed by atoms with E-state index in [1.54, 1.807) is 10.9 Å². The molecule has 43 heavy (non-hydrogen) atoms. The Balaban J connectivity index is 1.16. The van der Waals surface area contributed by atoms with Crippen molar-refractivity contribution < 1.29 is 19.0 Å². The molecular weight excluding hydrogens is 546 g/mol. The van der Waals surface area contributed by atoms with Crippen LogP contribution in [0.1, 0.15) is 48.2 Å². The number of carbonyl (C=O) groups is 1. The molecule has 0 unspecified atom stereocenters. The smallest absolute Gasteiger partial charge is 0.258 e. The molecule has 11 heteroatoms. The van der Waals surface area contributed by atoms with Crippen LogP contribution in [0.25, 0.3) is 22.3 Å². The van der Waals surface area contributed by atoms with E-state index in [1.807, 2.05) is 26.1 Å². The van der Waals surface area contributed by atoms with Crippen LogP contribution in [-0.2, 0) is 23.1 Å². The predicted molar refractivity (Wildman–Crippen MR) is 161 cm³/mol. The van der Waals surface area contributed by atoms with Crippen LogP contribution in [-0.4, -0.2) is 68.9 Å². The number of nitrogens with zero attached hydrogens (tertiary/aromatic N) is 6. The van der Waals surface area contributed by atoms with Crippen molar-refractivity contribution in [1.29, 1.82) is 0 Å². The zero-order chi connectivity index (χ0) is 29.1. The molecule has 2 saturated heterocycles. The third-order valence-electron chi connectivity index (χ3n) is 9.58. The zero-order valence-corrected chi connectivity index (χ0v) is 24.7. The molecule has 3 aromatic heterocycles. The first kappa shape index (κ1) is 26.7. The van der Waals surface area contributed by atoms with Crippen LogP contribution in [0.2, 0.25) is 0 Å². The summed E-state index contributed by atoms with van der Waals surface area (Å²) >= 11 is 0. The summed E-state index contributed by atoms with van der Waals surface area (Å²) in [4.78, 5) is 25.8. The second kappa shape index (κ2) is 10.3. The number of anilines is 2. The van der Waals surface area contributed by atoms with Crippen LogP contribution in [0.15, 0.2) is 36.5 Å². The van der Waals surface area contributed by atoms with Crippen molar-refractivity contribution >= 4 is 28.6 Å². The molecule has 3 fully saturated rings. The molecular formula is C32H37N7O4. The summed E-state index contributed by atoms with van der Waals surface area (Å²) in [6.07, 6.45) is 6.73. The van der Waals surface area contributed by atoms with Crippen LogP contribution in [0.4, 0.5) is 11.6 Å². The summed E-state index contributed by atoms with van der Waals surface area (Å²) in [5.74, 6) is 1.54. The third-order valence-corrected chi connectivity index (χ3v) is 9.58. The first-order valence-corrected chi connectivity index (χ1v) is 15.4. The SMILES string of the molecule is Cc1cc2cc(n1)-c1cnn(C)c1OC[C@H]1CC[C@H](C1)Cn1c(nc3ccc(N4CCC5(CC4)OCCO5)cc31)NC2=O. The maximum absolute atomic E-state index is 13.7. The number of aromatic nitrogens is 5. The van der Waals surface area contributed by atoms with Gasteiger partial charge >= 0.3 is 0 Å². The van der Waals surface area contributed by atoms with Gasteiger partial charge in [0.25, 0.3) is 5.91 Å². The van der Waals surface area contributed by atoms with Gasteiger partial charge in [-0.05, 0) is 68.4 Å². The van der Waals surface area contributed by atoms with E-state index < -0.39 is 5.79 Å². The number of benzene rings is 1. The van der Waals surface area contributed by atoms with Gasteiger partial charge in [-0.3, -0.25) is 15.1 Å². The van der Waals surface area contributed by atoms with Gasteiger partial charge < -0.3 is 23.7 Å². The fourth-order valence-electron chi connectivity index (χ4n) is 7.31. The Bertz CT molecular complexity index is 1700. The van der Waals surface area contributed by atoms with Crippen molar-refractivity contribution in [2.75, 3.05) is 43.1 Å². The molecule has 11 nitrogen and oxygen atoms in total. The second-order valence-electron chi connectivity index (χ2n) is 12.5. The van der Waals surface area contributed by atoms with Gasteiger partial charge in [-0.25, -0.2) is 9.67 Å². The van der Waals surface area contributed by atoms with E-state index >= 15 is 0 Å². The number of fused-ring (bicyclic) bond motifs is 9. The second-order valence-corrected chi connectivity index (χ2v) is 12.5. The summed E-state index contributed by atoms with van der Waals surface area (Å²) < 4.78 is 22.3. The van der Waals surface area contributed by atoms with Gasteiger partial charge in [-0.1, -0.05) is 0 Å². The van der Waals surface area contributed by atoms with Crippen molar-refractivity contribution in [2.45, 2.75) is 51.4 Å². The number of piperidine rings is 1. The van der Waals surface area contributed by atoms with Crippen molar-refractivity contribution in [3.63, 3.8) is 0 Å². The molecule has 1 aromatic carbocycles. The van der Waals surface area contributed by atoms with E-state index in [0.29, 0.717) is 54.7 Å². The number of aryl methyl sites for hydroxylation is 2. The highest BCUT2D eigenvalue weighted by Crippen LogP contribution is 2.38. The number of hydrogen-bond acceptors (Lipinski definition) is 8. The molecule has 1 spiro atoms. The maximum atomic E-state index is 13.7. The van der Waals surface area contributed by atoms with Crippen molar-refractivity contribution in [2.24, 2.45) is 18.9 Å². The summed E-state index contributed by atoms with van der Waals surface area (Å²) in [6, 6.07) is 10.1. The quantitative estimate of drug-likeness (QED) is 0.348. The summed E-state index contributed by atoms with van der Waals surface area (Å²) in [6.45, 7) is 6.41. The van der Waals surface area contributed by atoms with Gasteiger partial charge in [0.15, 0.2) is 5.79 Å². The number of carbonyl (C=O) groups excluding carboxylic acids is 1. The van der Waals surface area contributed by atoms with Gasteiger partial charge in [0, 0.05) is 56.5 Å². The van der Waals surface area contributed by atoms with E-state index in [2.05, 4.69) is 38.1 Å². The van der Waals surface area contributed by atoms with Crippen LogP contribution in [0, 0.1) is 18.8 Å². The number of amides is 1. The van der Waals surface area contributed by atoms with Crippen molar-refractivity contribution in [1.82, 2.24) is 24.3 Å². The van der Waals surface area contributed by atoms with Gasteiger partial charge in [-0.15, -0.1) is 0 Å². The number of imidazole rings is 1. The highest BCUT2D eigenvalue weighted by Gasteiger charge is 2.40. The first-order chi connectivity index (χ1) is 20.9. The molecule has 4 aliphatic rings. The zero-order valence-electron chi connectivity index (χ0n) is 24.7. The van der Waals surface area contributed by atoms with Gasteiger partial charge in [0.05, 0.1) is 48.3 Å². The lowest BCUT2D eigenvalue weighted by atomic mass is 10.0. The lowest BCUT2D eigenvalue weighted by Gasteiger charge is -2.38. The molecule has 1 N–H and O–H groups in total. The van der Waals surface area contributed by atoms with Gasteiger partial charge in [-0.2, -0.15) is 5.10 Å². The fraction of sp³-hybridized carbons (Fsp3) is 0.500. The number of nitrogens with one attached hydrogen (secondary N) is 1. The summed E-state index contributed by atoms with van der Waals surface area (Å²) in [5.41, 5.74) is 5.79. The minimum absolute atomic E-state index is 0.216. The summed E-state index contributed by atoms with van der Waals surface area (Å²) in [7, 11) is 1.88. The monoisotopic (exact) mass is 583 g/mol. The van der Waals surface area contributed by atoms with Crippen LogP contribution < -0.4 is 15.0 Å². The number of hydrogen-bond donors (Lipinski definition) is 1. The van der Waals surface area contributed by atoms with Crippen LogP contribution >= 0.6 is 0 Å². The molecule has 1 saturated carbocycles. The van der Waals surface area contributed by atoms with Crippen LogP contribution in [0.5, 0.6) is 5.88 Å². The molecule has 224 valence electrons. The Morgan fingerprint density at radius 3 is 2.67 bits per heavy atom. The highest BCUT2D eigenvalue weighted by atomic mass is 16.7. The Labute approximate surface area is 250 Å². The molecule has 4 aromatic rings. The lowest BCUT2D eigenvalue weighted by molar-refractivity contribution is -0.169. The topological polar surface area (TPSA) is 109 Å². The number of pyridine rings is 1. The fourth-order valence-corrected chi connectivity index (χ4v) is 7.31. The Morgan fingerprint density at radius 1 is 1.02 bits per heavy atom. The largest absolute Gasteiger partial charge is 0.477 e. The first-order valence-electron chi connectivity index (χ1n) is 15.4. The molecule has 0 radical (unpaired) electrons. The maximum Gasteiger partial charge on any atom is 0.258 e. The number of ether oxygens (including phenoxy) is 3. The molecule has 3 aliphatic heterocycles. The van der Waals surface area contributed by atoms with Gasteiger partial charge in [0.2, 0.25) is 11.8 Å². The molecule has 6 heterocycles. The van der Waals surface area contributed by atoms with Crippen molar-refractivity contribution in [3.8, 4) is 17.1 Å². The third kappa shape index (κ3) is 4.84. The van der Waals surface area contributed by atoms with E-state index in [-0.39, 0.29) is 5.91 Å². The molecule has 2 atom stereocenters. The molecule has 8 rings (SSSR count). The highest BCUT2D eigenvalue weighted by molar-refractivity contribution is 6.05. The Kier molecular flexibility index (Phi) is 6.41. The average molecular weight is 584 g/mol. The van der Waals surface area contributed by atoms with E-state index in [4.69, 9.17) is 24.2 Å². The minimum atomic E-state index is -0.410. The van der Waals surface area contributed by atoms with E-state index in [0.717, 1.165) is 79.7 Å². The molecule has 1 amide bonds. The minimum Gasteiger partial charge on any atom is -0.477 e. The normalized spacial score (nSPS) is 23.4. The van der Waals surface area contributed by atoms with Crippen molar-refractivity contribution in [3.05, 3.63) is 47.8 Å². The standard InChI is InChI=1S/C32H37N7O4/c1-20-13-23-15-27(34-20)25-17-33-37(2)30(25)41-19-22-4-3-21(14-22)18-39-28-16-24(5-6-26(28)35-31(39)36-29(23)40)38-9-7-32(8-10-38)42-11-12-43-32/h5-6,13,15-17,21-22H,3-4,7-12,14,18-19H2,1-2H3,(H,35,36,40)/t21-,22+/m1/s1. The van der Waals surface area contributed by atoms with Gasteiger partial charge in [0.1, 0.15) is 0 Å².